The molecule has 2 heterocycles. The molecule has 0 radical (unpaired) electrons. The summed E-state index contributed by atoms with van der Waals surface area (Å²) in [5, 5.41) is 3.03. The summed E-state index contributed by atoms with van der Waals surface area (Å²) in [4.78, 5) is 8.87. The first-order valence-electron chi connectivity index (χ1n) is 8.18. The maximum Gasteiger partial charge on any atom is 0.103 e. The molecule has 4 heteroatoms. The van der Waals surface area contributed by atoms with Crippen LogP contribution in [0, 0.1) is 0 Å². The molecule has 3 N–H and O–H groups in total. The van der Waals surface area contributed by atoms with E-state index < -0.39 is 0 Å². The monoisotopic (exact) mass is 326 g/mol. The Balaban J connectivity index is 1.73. The van der Waals surface area contributed by atoms with Gasteiger partial charge in [0.15, 0.2) is 0 Å². The normalized spacial score (nSPS) is 15.8. The van der Waals surface area contributed by atoms with Crippen molar-refractivity contribution < 1.29 is 0 Å². The summed E-state index contributed by atoms with van der Waals surface area (Å²) >= 11 is 0. The van der Waals surface area contributed by atoms with Gasteiger partial charge in [-0.3, -0.25) is 4.98 Å². The van der Waals surface area contributed by atoms with E-state index in [0.29, 0.717) is 0 Å². The first kappa shape index (κ1) is 15.3. The van der Waals surface area contributed by atoms with Crippen molar-refractivity contribution in [2.24, 2.45) is 10.7 Å². The molecule has 0 spiro atoms. The molecule has 2 aromatic carbocycles. The zero-order valence-corrected chi connectivity index (χ0v) is 13.6. The van der Waals surface area contributed by atoms with Gasteiger partial charge in [0, 0.05) is 17.3 Å². The van der Waals surface area contributed by atoms with Crippen LogP contribution in [0.5, 0.6) is 0 Å². The van der Waals surface area contributed by atoms with E-state index in [2.05, 4.69) is 51.7 Å². The van der Waals surface area contributed by atoms with Crippen LogP contribution >= 0.6 is 0 Å². The van der Waals surface area contributed by atoms with Gasteiger partial charge in [-0.05, 0) is 35.4 Å². The molecular weight excluding hydrogens is 308 g/mol. The van der Waals surface area contributed by atoms with E-state index in [9.17, 15) is 0 Å². The van der Waals surface area contributed by atoms with Gasteiger partial charge in [-0.25, -0.2) is 4.99 Å². The number of fused-ring (bicyclic) bond motifs is 1. The minimum Gasteiger partial charge on any atom is -0.357 e. The molecule has 0 saturated heterocycles. The number of aromatic nitrogens is 1. The standard InChI is InChI=1S/C21H18N4/c22-21-18-13-16(9-11-20(18)24-14-25-21)17-7-4-12-23-19(17)10-8-15-5-2-1-3-6-15/h1-14,21H,22H2,(H,24,25)/b10-8+. The summed E-state index contributed by atoms with van der Waals surface area (Å²) in [6, 6.07) is 20.4. The van der Waals surface area contributed by atoms with Gasteiger partial charge in [0.05, 0.1) is 17.7 Å². The minimum atomic E-state index is -0.243. The Labute approximate surface area is 146 Å². The zero-order chi connectivity index (χ0) is 17.1. The maximum absolute atomic E-state index is 6.13. The summed E-state index contributed by atoms with van der Waals surface area (Å²) < 4.78 is 0. The highest BCUT2D eigenvalue weighted by Gasteiger charge is 2.15. The summed E-state index contributed by atoms with van der Waals surface area (Å²) in [6.07, 6.45) is 7.32. The van der Waals surface area contributed by atoms with Crippen molar-refractivity contribution in [1.82, 2.24) is 10.3 Å². The Bertz CT molecular complexity index is 945. The van der Waals surface area contributed by atoms with Crippen LogP contribution in [0.25, 0.3) is 23.3 Å². The van der Waals surface area contributed by atoms with Crippen molar-refractivity contribution in [2.75, 3.05) is 0 Å². The molecular formula is C21H18N4. The van der Waals surface area contributed by atoms with Crippen LogP contribution in [0.3, 0.4) is 0 Å². The van der Waals surface area contributed by atoms with Crippen molar-refractivity contribution >= 4 is 24.2 Å². The fourth-order valence-electron chi connectivity index (χ4n) is 2.90. The second kappa shape index (κ2) is 6.71. The lowest BCUT2D eigenvalue weighted by atomic mass is 9.98. The van der Waals surface area contributed by atoms with E-state index in [1.807, 2.05) is 42.6 Å². The van der Waals surface area contributed by atoms with Crippen LogP contribution in [0.1, 0.15) is 23.0 Å². The van der Waals surface area contributed by atoms with Gasteiger partial charge in [-0.15, -0.1) is 0 Å². The first-order valence-corrected chi connectivity index (χ1v) is 8.18. The number of hydrogen-bond donors (Lipinski definition) is 2. The summed E-state index contributed by atoms with van der Waals surface area (Å²) in [5.41, 5.74) is 12.2. The highest BCUT2D eigenvalue weighted by Crippen LogP contribution is 2.32. The first-order chi connectivity index (χ1) is 12.3. The third kappa shape index (κ3) is 3.20. The summed E-state index contributed by atoms with van der Waals surface area (Å²) in [6.45, 7) is 0. The fourth-order valence-corrected chi connectivity index (χ4v) is 2.90. The molecule has 25 heavy (non-hydrogen) atoms. The van der Waals surface area contributed by atoms with Crippen LogP contribution in [-0.4, -0.2) is 11.3 Å². The number of hydrogen-bond acceptors (Lipinski definition) is 4. The molecule has 0 saturated carbocycles. The SMILES string of the molecule is NC1NC=Nc2ccc(-c3cccnc3/C=C/c3ccccc3)cc21. The van der Waals surface area contributed by atoms with Crippen molar-refractivity contribution in [2.45, 2.75) is 6.17 Å². The summed E-state index contributed by atoms with van der Waals surface area (Å²) in [7, 11) is 0. The largest absolute Gasteiger partial charge is 0.357 e. The second-order valence-electron chi connectivity index (χ2n) is 5.86. The zero-order valence-electron chi connectivity index (χ0n) is 13.6. The maximum atomic E-state index is 6.13. The second-order valence-corrected chi connectivity index (χ2v) is 5.86. The van der Waals surface area contributed by atoms with Crippen molar-refractivity contribution in [3.63, 3.8) is 0 Å². The van der Waals surface area contributed by atoms with Crippen LogP contribution < -0.4 is 11.1 Å². The predicted octanol–water partition coefficient (Wildman–Crippen LogP) is 4.14. The Kier molecular flexibility index (Phi) is 4.11. The molecule has 1 atom stereocenters. The molecule has 4 rings (SSSR count). The number of aliphatic imine (C=N–C) groups is 1. The van der Waals surface area contributed by atoms with E-state index in [4.69, 9.17) is 5.73 Å². The van der Waals surface area contributed by atoms with Gasteiger partial charge in [0.2, 0.25) is 0 Å². The Morgan fingerprint density at radius 2 is 1.84 bits per heavy atom. The van der Waals surface area contributed by atoms with Crippen molar-refractivity contribution in [1.29, 1.82) is 0 Å². The molecule has 1 aliphatic heterocycles. The lowest BCUT2D eigenvalue weighted by Gasteiger charge is -2.20. The van der Waals surface area contributed by atoms with Crippen LogP contribution in [-0.2, 0) is 0 Å². The number of benzene rings is 2. The highest BCUT2D eigenvalue weighted by molar-refractivity contribution is 5.80. The molecule has 3 aromatic rings. The van der Waals surface area contributed by atoms with Gasteiger partial charge in [-0.1, -0.05) is 48.5 Å². The van der Waals surface area contributed by atoms with Gasteiger partial charge in [-0.2, -0.15) is 0 Å². The third-order valence-electron chi connectivity index (χ3n) is 4.20. The van der Waals surface area contributed by atoms with E-state index in [-0.39, 0.29) is 6.17 Å². The van der Waals surface area contributed by atoms with Gasteiger partial charge in [0.1, 0.15) is 6.17 Å². The Morgan fingerprint density at radius 1 is 0.960 bits per heavy atom. The lowest BCUT2D eigenvalue weighted by molar-refractivity contribution is 0.682. The third-order valence-corrected chi connectivity index (χ3v) is 4.20. The van der Waals surface area contributed by atoms with Crippen LogP contribution in [0.2, 0.25) is 0 Å². The average Bonchev–Trinajstić information content (AvgIpc) is 2.68. The van der Waals surface area contributed by atoms with E-state index >= 15 is 0 Å². The molecule has 1 aliphatic rings. The van der Waals surface area contributed by atoms with E-state index in [1.54, 1.807) is 6.34 Å². The molecule has 122 valence electrons. The molecule has 1 aromatic heterocycles. The molecule has 4 nitrogen and oxygen atoms in total. The van der Waals surface area contributed by atoms with Gasteiger partial charge < -0.3 is 11.1 Å². The number of nitrogens with two attached hydrogens (primary N) is 1. The number of rotatable bonds is 3. The topological polar surface area (TPSA) is 63.3 Å². The van der Waals surface area contributed by atoms with E-state index in [0.717, 1.165) is 33.6 Å². The highest BCUT2D eigenvalue weighted by atomic mass is 15.1. The van der Waals surface area contributed by atoms with Crippen molar-refractivity contribution in [3.8, 4) is 11.1 Å². The Morgan fingerprint density at radius 3 is 2.72 bits per heavy atom. The Hall–Kier alpha value is -3.24. The van der Waals surface area contributed by atoms with Gasteiger partial charge in [0.25, 0.3) is 0 Å². The van der Waals surface area contributed by atoms with Crippen LogP contribution in [0.4, 0.5) is 5.69 Å². The molecule has 0 aliphatic carbocycles. The van der Waals surface area contributed by atoms with E-state index in [1.165, 1.54) is 0 Å². The lowest BCUT2D eigenvalue weighted by Crippen LogP contribution is -2.29. The molecule has 0 bridgehead atoms. The number of pyridine rings is 1. The predicted molar refractivity (Wildman–Crippen MR) is 103 cm³/mol. The number of nitrogens with one attached hydrogen (secondary N) is 1. The quantitative estimate of drug-likeness (QED) is 0.760. The average molecular weight is 326 g/mol. The molecule has 0 fully saturated rings. The summed E-state index contributed by atoms with van der Waals surface area (Å²) in [5.74, 6) is 0. The van der Waals surface area contributed by atoms with Crippen LogP contribution in [0.15, 0.2) is 71.9 Å². The van der Waals surface area contributed by atoms with Gasteiger partial charge >= 0.3 is 0 Å². The smallest absolute Gasteiger partial charge is 0.103 e. The number of nitrogens with zero attached hydrogens (tertiary/aromatic N) is 2. The fraction of sp³-hybridized carbons (Fsp3) is 0.0476. The molecule has 0 amide bonds. The minimum absolute atomic E-state index is 0.243. The molecule has 1 unspecified atom stereocenters. The van der Waals surface area contributed by atoms with Crippen molar-refractivity contribution in [3.05, 3.63) is 83.7 Å².